The van der Waals surface area contributed by atoms with Crippen molar-refractivity contribution in [3.05, 3.63) is 35.9 Å². The van der Waals surface area contributed by atoms with Gasteiger partial charge in [-0.2, -0.15) is 5.26 Å². The molecule has 0 aromatic heterocycles. The molecular weight excluding hydrogens is 196 g/mol. The van der Waals surface area contributed by atoms with Crippen LogP contribution >= 0.6 is 0 Å². The molecule has 0 atom stereocenters. The SMILES string of the molecule is CN1CCC(CC#N)(c2ccccc2)CC1. The zero-order chi connectivity index (χ0) is 11.4. The van der Waals surface area contributed by atoms with Crippen molar-refractivity contribution in [2.45, 2.75) is 24.7 Å². The molecule has 2 heteroatoms. The molecule has 1 aromatic carbocycles. The highest BCUT2D eigenvalue weighted by molar-refractivity contribution is 5.27. The number of nitrogens with zero attached hydrogens (tertiary/aromatic N) is 2. The summed E-state index contributed by atoms with van der Waals surface area (Å²) in [7, 11) is 2.15. The summed E-state index contributed by atoms with van der Waals surface area (Å²) < 4.78 is 0. The highest BCUT2D eigenvalue weighted by atomic mass is 15.1. The van der Waals surface area contributed by atoms with E-state index in [9.17, 15) is 0 Å². The summed E-state index contributed by atoms with van der Waals surface area (Å²) in [6.07, 6.45) is 2.84. The maximum absolute atomic E-state index is 9.05. The summed E-state index contributed by atoms with van der Waals surface area (Å²) in [4.78, 5) is 2.35. The first-order valence-electron chi connectivity index (χ1n) is 5.88. The van der Waals surface area contributed by atoms with Crippen molar-refractivity contribution in [1.29, 1.82) is 5.26 Å². The van der Waals surface area contributed by atoms with Crippen LogP contribution in [0, 0.1) is 11.3 Å². The maximum Gasteiger partial charge on any atom is 0.0631 e. The van der Waals surface area contributed by atoms with Crippen LogP contribution in [0.3, 0.4) is 0 Å². The van der Waals surface area contributed by atoms with Gasteiger partial charge in [0.05, 0.1) is 6.07 Å². The molecule has 0 unspecified atom stereocenters. The molecule has 1 aromatic rings. The van der Waals surface area contributed by atoms with Gasteiger partial charge < -0.3 is 4.90 Å². The zero-order valence-corrected chi connectivity index (χ0v) is 9.82. The number of nitriles is 1. The Balaban J connectivity index is 2.27. The van der Waals surface area contributed by atoms with Crippen molar-refractivity contribution in [2.24, 2.45) is 0 Å². The fraction of sp³-hybridized carbons (Fsp3) is 0.500. The Morgan fingerprint density at radius 3 is 2.44 bits per heavy atom. The van der Waals surface area contributed by atoms with E-state index in [1.807, 2.05) is 6.07 Å². The third-order valence-corrected chi connectivity index (χ3v) is 3.75. The highest BCUT2D eigenvalue weighted by Gasteiger charge is 2.34. The van der Waals surface area contributed by atoms with E-state index in [-0.39, 0.29) is 5.41 Å². The van der Waals surface area contributed by atoms with Gasteiger partial charge in [0.2, 0.25) is 0 Å². The predicted molar refractivity (Wildman–Crippen MR) is 65.1 cm³/mol. The second-order valence-electron chi connectivity index (χ2n) is 4.78. The summed E-state index contributed by atoms with van der Waals surface area (Å²) in [6, 6.07) is 12.9. The van der Waals surface area contributed by atoms with Crippen LogP contribution in [0.2, 0.25) is 0 Å². The highest BCUT2D eigenvalue weighted by Crippen LogP contribution is 2.37. The summed E-state index contributed by atoms with van der Waals surface area (Å²) >= 11 is 0. The van der Waals surface area contributed by atoms with Gasteiger partial charge in [0.25, 0.3) is 0 Å². The first kappa shape index (κ1) is 11.2. The molecule has 0 aliphatic carbocycles. The average molecular weight is 214 g/mol. The number of piperidine rings is 1. The largest absolute Gasteiger partial charge is 0.306 e. The third kappa shape index (κ3) is 2.10. The maximum atomic E-state index is 9.05. The van der Waals surface area contributed by atoms with E-state index in [4.69, 9.17) is 5.26 Å². The predicted octanol–water partition coefficient (Wildman–Crippen LogP) is 2.56. The van der Waals surface area contributed by atoms with Crippen molar-refractivity contribution in [2.75, 3.05) is 20.1 Å². The van der Waals surface area contributed by atoms with Crippen LogP contribution in [0.15, 0.2) is 30.3 Å². The van der Waals surface area contributed by atoms with E-state index in [1.165, 1.54) is 5.56 Å². The molecule has 0 N–H and O–H groups in total. The van der Waals surface area contributed by atoms with Crippen LogP contribution in [0.25, 0.3) is 0 Å². The lowest BCUT2D eigenvalue weighted by Crippen LogP contribution is -2.40. The number of likely N-dealkylation sites (tertiary alicyclic amines) is 1. The topological polar surface area (TPSA) is 27.0 Å². The molecule has 0 radical (unpaired) electrons. The molecule has 84 valence electrons. The lowest BCUT2D eigenvalue weighted by atomic mass is 9.71. The summed E-state index contributed by atoms with van der Waals surface area (Å²) in [6.45, 7) is 2.19. The number of rotatable bonds is 2. The second-order valence-corrected chi connectivity index (χ2v) is 4.78. The van der Waals surface area contributed by atoms with Gasteiger partial charge in [-0.25, -0.2) is 0 Å². The van der Waals surface area contributed by atoms with Gasteiger partial charge in [-0.3, -0.25) is 0 Å². The lowest BCUT2D eigenvalue weighted by Gasteiger charge is -2.39. The van der Waals surface area contributed by atoms with Crippen molar-refractivity contribution in [3.8, 4) is 6.07 Å². The number of benzene rings is 1. The van der Waals surface area contributed by atoms with E-state index in [1.54, 1.807) is 0 Å². The van der Waals surface area contributed by atoms with Crippen molar-refractivity contribution >= 4 is 0 Å². The molecule has 0 spiro atoms. The fourth-order valence-electron chi connectivity index (χ4n) is 2.56. The van der Waals surface area contributed by atoms with Gasteiger partial charge in [0.1, 0.15) is 0 Å². The molecule has 1 saturated heterocycles. The van der Waals surface area contributed by atoms with Crippen LogP contribution in [0.5, 0.6) is 0 Å². The molecule has 2 nitrogen and oxygen atoms in total. The van der Waals surface area contributed by atoms with Crippen LogP contribution in [-0.4, -0.2) is 25.0 Å². The minimum atomic E-state index is 0.0997. The molecular formula is C14H18N2. The van der Waals surface area contributed by atoms with E-state index in [0.29, 0.717) is 6.42 Å². The van der Waals surface area contributed by atoms with Crippen LogP contribution in [0.1, 0.15) is 24.8 Å². The molecule has 0 bridgehead atoms. The quantitative estimate of drug-likeness (QED) is 0.756. The molecule has 1 aliphatic heterocycles. The molecule has 16 heavy (non-hydrogen) atoms. The summed E-state index contributed by atoms with van der Waals surface area (Å²) in [5, 5.41) is 9.05. The van der Waals surface area contributed by atoms with Crippen molar-refractivity contribution in [3.63, 3.8) is 0 Å². The Morgan fingerprint density at radius 2 is 1.88 bits per heavy atom. The van der Waals surface area contributed by atoms with E-state index in [2.05, 4.69) is 42.3 Å². The first-order valence-corrected chi connectivity index (χ1v) is 5.88. The van der Waals surface area contributed by atoms with Gasteiger partial charge in [0.15, 0.2) is 0 Å². The Kier molecular flexibility index (Phi) is 3.26. The Bertz CT molecular complexity index is 369. The van der Waals surface area contributed by atoms with E-state index < -0.39 is 0 Å². The molecule has 0 amide bonds. The Labute approximate surface area is 97.5 Å². The van der Waals surface area contributed by atoms with Crippen molar-refractivity contribution < 1.29 is 0 Å². The summed E-state index contributed by atoms with van der Waals surface area (Å²) in [5.74, 6) is 0. The smallest absolute Gasteiger partial charge is 0.0631 e. The number of hydrogen-bond donors (Lipinski definition) is 0. The van der Waals surface area contributed by atoms with Gasteiger partial charge in [-0.1, -0.05) is 30.3 Å². The van der Waals surface area contributed by atoms with E-state index in [0.717, 1.165) is 25.9 Å². The monoisotopic (exact) mass is 214 g/mol. The van der Waals surface area contributed by atoms with Gasteiger partial charge in [-0.05, 0) is 38.5 Å². The second kappa shape index (κ2) is 4.67. The minimum absolute atomic E-state index is 0.0997. The standard InChI is InChI=1S/C14H18N2/c1-16-11-8-14(7-10-15,9-12-16)13-5-3-2-4-6-13/h2-6H,7-9,11-12H2,1H3. The molecule has 0 saturated carbocycles. The van der Waals surface area contributed by atoms with Crippen molar-refractivity contribution in [1.82, 2.24) is 4.90 Å². The normalized spacial score (nSPS) is 20.2. The lowest BCUT2D eigenvalue weighted by molar-refractivity contribution is 0.189. The zero-order valence-electron chi connectivity index (χ0n) is 9.82. The molecule has 1 aliphatic rings. The number of hydrogen-bond acceptors (Lipinski definition) is 2. The fourth-order valence-corrected chi connectivity index (χ4v) is 2.56. The van der Waals surface area contributed by atoms with Crippen LogP contribution in [-0.2, 0) is 5.41 Å². The van der Waals surface area contributed by atoms with Gasteiger partial charge >= 0.3 is 0 Å². The minimum Gasteiger partial charge on any atom is -0.306 e. The average Bonchev–Trinajstić information content (AvgIpc) is 2.34. The van der Waals surface area contributed by atoms with E-state index >= 15 is 0 Å². The first-order chi connectivity index (χ1) is 7.77. The third-order valence-electron chi connectivity index (χ3n) is 3.75. The summed E-state index contributed by atoms with van der Waals surface area (Å²) in [5.41, 5.74) is 1.44. The van der Waals surface area contributed by atoms with Gasteiger partial charge in [-0.15, -0.1) is 0 Å². The molecule has 1 fully saturated rings. The molecule has 2 rings (SSSR count). The van der Waals surface area contributed by atoms with Crippen LogP contribution in [0.4, 0.5) is 0 Å². The Hall–Kier alpha value is -1.33. The van der Waals surface area contributed by atoms with Gasteiger partial charge in [0, 0.05) is 11.8 Å². The molecule has 1 heterocycles. The van der Waals surface area contributed by atoms with Crippen LogP contribution < -0.4 is 0 Å². The Morgan fingerprint density at radius 1 is 1.25 bits per heavy atom.